The van der Waals surface area contributed by atoms with Gasteiger partial charge in [-0.05, 0) is 61.2 Å². The predicted molar refractivity (Wildman–Crippen MR) is 130 cm³/mol. The summed E-state index contributed by atoms with van der Waals surface area (Å²) in [6, 6.07) is 9.70. The first kappa shape index (κ1) is 25.0. The molecule has 2 heterocycles. The minimum Gasteiger partial charge on any atom is -0.372 e. The van der Waals surface area contributed by atoms with Gasteiger partial charge in [0.05, 0.1) is 16.3 Å². The average Bonchev–Trinajstić information content (AvgIpc) is 3.05. The minimum absolute atomic E-state index is 0.102. The fourth-order valence-corrected chi connectivity index (χ4v) is 4.37. The number of anilines is 2. The molecule has 35 heavy (non-hydrogen) atoms. The molecule has 1 atom stereocenters. The van der Waals surface area contributed by atoms with Crippen molar-refractivity contribution in [3.05, 3.63) is 58.9 Å². The molecule has 0 unspecified atom stereocenters. The molecule has 0 spiro atoms. The van der Waals surface area contributed by atoms with Crippen molar-refractivity contribution in [1.82, 2.24) is 14.8 Å². The minimum atomic E-state index is -4.49. The molecule has 0 saturated heterocycles. The van der Waals surface area contributed by atoms with E-state index >= 15 is 0 Å². The van der Waals surface area contributed by atoms with Crippen LogP contribution in [0, 0.1) is 5.92 Å². The number of nitrogens with zero attached hydrogens (tertiary/aromatic N) is 3. The van der Waals surface area contributed by atoms with Crippen molar-refractivity contribution in [2.24, 2.45) is 5.92 Å². The van der Waals surface area contributed by atoms with Gasteiger partial charge in [0.2, 0.25) is 5.91 Å². The Hall–Kier alpha value is -3.07. The number of halogens is 4. The van der Waals surface area contributed by atoms with Crippen LogP contribution in [0.2, 0.25) is 5.02 Å². The Morgan fingerprint density at radius 2 is 1.80 bits per heavy atom. The zero-order valence-corrected chi connectivity index (χ0v) is 20.2. The first-order chi connectivity index (χ1) is 16.6. The molecule has 1 amide bonds. The van der Waals surface area contributed by atoms with Crippen LogP contribution in [0.5, 0.6) is 0 Å². The second-order valence-corrected chi connectivity index (χ2v) is 9.43. The predicted octanol–water partition coefficient (Wildman–Crippen LogP) is 6.42. The van der Waals surface area contributed by atoms with Gasteiger partial charge < -0.3 is 15.2 Å². The third-order valence-electron chi connectivity index (χ3n) is 6.08. The zero-order valence-electron chi connectivity index (χ0n) is 19.5. The van der Waals surface area contributed by atoms with Gasteiger partial charge in [-0.3, -0.25) is 4.79 Å². The molecule has 0 saturated carbocycles. The van der Waals surface area contributed by atoms with Crippen molar-refractivity contribution in [2.45, 2.75) is 58.3 Å². The summed E-state index contributed by atoms with van der Waals surface area (Å²) in [5, 5.41) is 14.5. The topological polar surface area (TPSA) is 71.8 Å². The lowest BCUT2D eigenvalue weighted by molar-refractivity contribution is -0.137. The van der Waals surface area contributed by atoms with E-state index in [-0.39, 0.29) is 22.5 Å². The number of carbonyl (C=O) groups is 1. The quantitative estimate of drug-likeness (QED) is 0.405. The summed E-state index contributed by atoms with van der Waals surface area (Å²) >= 11 is 6.07. The maximum atomic E-state index is 13.0. The molecular formula is C25H27ClF3N5O. The lowest BCUT2D eigenvalue weighted by atomic mass is 10.0. The van der Waals surface area contributed by atoms with Gasteiger partial charge >= 0.3 is 6.18 Å². The highest BCUT2D eigenvalue weighted by Gasteiger charge is 2.31. The summed E-state index contributed by atoms with van der Waals surface area (Å²) < 4.78 is 40.9. The molecule has 0 fully saturated rings. The van der Waals surface area contributed by atoms with Crippen LogP contribution in [0.3, 0.4) is 0 Å². The highest BCUT2D eigenvalue weighted by Crippen LogP contribution is 2.34. The van der Waals surface area contributed by atoms with Gasteiger partial charge in [0, 0.05) is 24.2 Å². The average molecular weight is 506 g/mol. The van der Waals surface area contributed by atoms with Crippen LogP contribution in [-0.4, -0.2) is 26.7 Å². The van der Waals surface area contributed by atoms with E-state index in [1.807, 2.05) is 26.0 Å². The van der Waals surface area contributed by atoms with Gasteiger partial charge in [0.15, 0.2) is 5.82 Å². The first-order valence-corrected chi connectivity index (χ1v) is 12.0. The van der Waals surface area contributed by atoms with E-state index in [0.29, 0.717) is 5.69 Å². The molecule has 1 aliphatic heterocycles. The van der Waals surface area contributed by atoms with Crippen LogP contribution < -0.4 is 10.6 Å². The molecule has 1 aliphatic rings. The third-order valence-corrected chi connectivity index (χ3v) is 6.39. The van der Waals surface area contributed by atoms with E-state index in [1.54, 1.807) is 12.1 Å². The molecule has 10 heteroatoms. The van der Waals surface area contributed by atoms with Gasteiger partial charge in [-0.2, -0.15) is 13.2 Å². The van der Waals surface area contributed by atoms with E-state index in [9.17, 15) is 18.0 Å². The Balaban J connectivity index is 1.46. The molecule has 0 bridgehead atoms. The molecule has 0 radical (unpaired) electrons. The first-order valence-electron chi connectivity index (χ1n) is 11.6. The number of hydrogen-bond donors (Lipinski definition) is 2. The molecule has 2 N–H and O–H groups in total. The number of hydrogen-bond acceptors (Lipinski definition) is 4. The van der Waals surface area contributed by atoms with Crippen molar-refractivity contribution in [3.8, 4) is 11.4 Å². The summed E-state index contributed by atoms with van der Waals surface area (Å²) in [4.78, 5) is 13.0. The van der Waals surface area contributed by atoms with Gasteiger partial charge in [-0.1, -0.05) is 31.9 Å². The van der Waals surface area contributed by atoms with Crippen molar-refractivity contribution < 1.29 is 18.0 Å². The molecule has 1 aromatic heterocycles. The van der Waals surface area contributed by atoms with Crippen molar-refractivity contribution >= 4 is 28.9 Å². The Morgan fingerprint density at radius 3 is 2.46 bits per heavy atom. The second kappa shape index (κ2) is 10.3. The lowest BCUT2D eigenvalue weighted by Crippen LogP contribution is -2.39. The molecule has 186 valence electrons. The standard InChI is InChI=1S/C25H27ClF3N5O/c1-15(2)22(31-20-12-9-17(14-19(20)26)25(27,28)29)24(35)30-18-10-7-16(8-11-18)23-33-32-21-6-4-3-5-13-34(21)23/h7-12,14-15,22,31H,3-6,13H2,1-2H3,(H,30,35)/t22-/m1/s1. The summed E-state index contributed by atoms with van der Waals surface area (Å²) in [7, 11) is 0. The Labute approximate surface area is 206 Å². The normalized spacial score (nSPS) is 14.8. The molecular weight excluding hydrogens is 479 g/mol. The number of alkyl halides is 3. The summed E-state index contributed by atoms with van der Waals surface area (Å²) in [6.45, 7) is 4.58. The Morgan fingerprint density at radius 1 is 1.06 bits per heavy atom. The van der Waals surface area contributed by atoms with E-state index in [2.05, 4.69) is 25.4 Å². The highest BCUT2D eigenvalue weighted by atomic mass is 35.5. The van der Waals surface area contributed by atoms with Crippen LogP contribution in [0.15, 0.2) is 42.5 Å². The van der Waals surface area contributed by atoms with Crippen molar-refractivity contribution in [3.63, 3.8) is 0 Å². The molecule has 0 aliphatic carbocycles. The maximum Gasteiger partial charge on any atom is 0.416 e. The van der Waals surface area contributed by atoms with Crippen LogP contribution in [0.25, 0.3) is 11.4 Å². The van der Waals surface area contributed by atoms with Gasteiger partial charge in [-0.15, -0.1) is 10.2 Å². The fraction of sp³-hybridized carbons (Fsp3) is 0.400. The maximum absolute atomic E-state index is 13.0. The Kier molecular flexibility index (Phi) is 7.35. The number of amides is 1. The summed E-state index contributed by atoms with van der Waals surface area (Å²) in [5.74, 6) is 1.35. The van der Waals surface area contributed by atoms with E-state index < -0.39 is 17.8 Å². The lowest BCUT2D eigenvalue weighted by Gasteiger charge is -2.24. The van der Waals surface area contributed by atoms with Crippen molar-refractivity contribution in [2.75, 3.05) is 10.6 Å². The second-order valence-electron chi connectivity index (χ2n) is 9.03. The SMILES string of the molecule is CC(C)[C@@H](Nc1ccc(C(F)(F)F)cc1Cl)C(=O)Nc1ccc(-c2nnc3n2CCCCC3)cc1. The number of fused-ring (bicyclic) bond motifs is 1. The van der Waals surface area contributed by atoms with E-state index in [0.717, 1.165) is 55.2 Å². The number of benzene rings is 2. The van der Waals surface area contributed by atoms with Crippen LogP contribution in [0.4, 0.5) is 24.5 Å². The number of aromatic nitrogens is 3. The van der Waals surface area contributed by atoms with Crippen LogP contribution in [-0.2, 0) is 23.9 Å². The van der Waals surface area contributed by atoms with Crippen LogP contribution >= 0.6 is 11.6 Å². The van der Waals surface area contributed by atoms with Gasteiger partial charge in [-0.25, -0.2) is 0 Å². The van der Waals surface area contributed by atoms with E-state index in [4.69, 9.17) is 11.6 Å². The molecule has 6 nitrogen and oxygen atoms in total. The fourth-order valence-electron chi connectivity index (χ4n) is 4.13. The number of rotatable bonds is 6. The number of carbonyl (C=O) groups excluding carboxylic acids is 1. The molecule has 3 aromatic rings. The van der Waals surface area contributed by atoms with Crippen molar-refractivity contribution in [1.29, 1.82) is 0 Å². The number of aryl methyl sites for hydroxylation is 1. The monoisotopic (exact) mass is 505 g/mol. The molecule has 2 aromatic carbocycles. The summed E-state index contributed by atoms with van der Waals surface area (Å²) in [5.41, 5.74) is 0.929. The molecule has 4 rings (SSSR count). The highest BCUT2D eigenvalue weighted by molar-refractivity contribution is 6.33. The number of nitrogens with one attached hydrogen (secondary N) is 2. The van der Waals surface area contributed by atoms with Gasteiger partial charge in [0.1, 0.15) is 11.9 Å². The van der Waals surface area contributed by atoms with Crippen LogP contribution in [0.1, 0.15) is 44.5 Å². The zero-order chi connectivity index (χ0) is 25.2. The third kappa shape index (κ3) is 5.78. The largest absolute Gasteiger partial charge is 0.416 e. The Bertz CT molecular complexity index is 1190. The summed E-state index contributed by atoms with van der Waals surface area (Å²) in [6.07, 6.45) is -0.178. The van der Waals surface area contributed by atoms with Gasteiger partial charge in [0.25, 0.3) is 0 Å². The van der Waals surface area contributed by atoms with E-state index in [1.165, 1.54) is 12.5 Å². The smallest absolute Gasteiger partial charge is 0.372 e.